The van der Waals surface area contributed by atoms with Gasteiger partial charge in [-0.15, -0.1) is 0 Å². The normalized spacial score (nSPS) is 9.60. The van der Waals surface area contributed by atoms with E-state index in [1.807, 2.05) is 6.07 Å². The van der Waals surface area contributed by atoms with E-state index >= 15 is 0 Å². The molecule has 15 heavy (non-hydrogen) atoms. The molecular weight excluding hydrogens is 210 g/mol. The van der Waals surface area contributed by atoms with Gasteiger partial charge in [-0.1, -0.05) is 23.7 Å². The fraction of sp³-hybridized carbons (Fsp3) is 0. The van der Waals surface area contributed by atoms with E-state index < -0.39 is 0 Å². The van der Waals surface area contributed by atoms with Crippen molar-refractivity contribution in [3.63, 3.8) is 0 Å². The van der Waals surface area contributed by atoms with Crippen LogP contribution in [0.5, 0.6) is 0 Å². The third-order valence-corrected chi connectivity index (χ3v) is 2.07. The van der Waals surface area contributed by atoms with Crippen molar-refractivity contribution in [3.8, 4) is 17.3 Å². The highest BCUT2D eigenvalue weighted by molar-refractivity contribution is 6.29. The van der Waals surface area contributed by atoms with Gasteiger partial charge in [0, 0.05) is 5.56 Å². The lowest BCUT2D eigenvalue weighted by atomic mass is 10.1. The number of hydrogen-bond acceptors (Lipinski definition) is 3. The number of hydrogen-bond donors (Lipinski definition) is 0. The second kappa shape index (κ2) is 4.07. The Morgan fingerprint density at radius 1 is 1.27 bits per heavy atom. The molecule has 2 rings (SSSR count). The average molecular weight is 216 g/mol. The van der Waals surface area contributed by atoms with Gasteiger partial charge in [-0.25, -0.2) is 4.98 Å². The Morgan fingerprint density at radius 2 is 2.13 bits per heavy atom. The number of nitriles is 1. The summed E-state index contributed by atoms with van der Waals surface area (Å²) < 4.78 is 0. The first-order valence-electron chi connectivity index (χ1n) is 4.27. The van der Waals surface area contributed by atoms with Crippen LogP contribution in [0.3, 0.4) is 0 Å². The van der Waals surface area contributed by atoms with E-state index in [4.69, 9.17) is 16.9 Å². The summed E-state index contributed by atoms with van der Waals surface area (Å²) in [6.45, 7) is 0. The molecule has 1 aromatic heterocycles. The van der Waals surface area contributed by atoms with Crippen molar-refractivity contribution in [1.82, 2.24) is 9.97 Å². The molecule has 0 aliphatic carbocycles. The molecule has 0 aliphatic heterocycles. The lowest BCUT2D eigenvalue weighted by Gasteiger charge is -2.00. The van der Waals surface area contributed by atoms with Gasteiger partial charge in [0.05, 0.1) is 29.7 Å². The van der Waals surface area contributed by atoms with Gasteiger partial charge in [0.1, 0.15) is 5.15 Å². The Labute approximate surface area is 92.0 Å². The zero-order valence-electron chi connectivity index (χ0n) is 7.68. The highest BCUT2D eigenvalue weighted by atomic mass is 35.5. The zero-order chi connectivity index (χ0) is 10.7. The Morgan fingerprint density at radius 3 is 2.87 bits per heavy atom. The summed E-state index contributed by atoms with van der Waals surface area (Å²) in [5, 5.41) is 9.09. The van der Waals surface area contributed by atoms with Crippen LogP contribution in [0.2, 0.25) is 5.15 Å². The second-order valence-electron chi connectivity index (χ2n) is 2.92. The van der Waals surface area contributed by atoms with E-state index in [2.05, 4.69) is 16.0 Å². The van der Waals surface area contributed by atoms with Gasteiger partial charge >= 0.3 is 0 Å². The molecule has 0 fully saturated rings. The monoisotopic (exact) mass is 215 g/mol. The van der Waals surface area contributed by atoms with Crippen molar-refractivity contribution in [2.45, 2.75) is 0 Å². The molecule has 0 spiro atoms. The molecule has 3 nitrogen and oxygen atoms in total. The van der Waals surface area contributed by atoms with Crippen LogP contribution < -0.4 is 0 Å². The van der Waals surface area contributed by atoms with Gasteiger partial charge in [-0.3, -0.25) is 4.98 Å². The zero-order valence-corrected chi connectivity index (χ0v) is 8.44. The molecule has 0 N–H and O–H groups in total. The molecule has 0 atom stereocenters. The highest BCUT2D eigenvalue weighted by Crippen LogP contribution is 2.18. The number of rotatable bonds is 1. The van der Waals surface area contributed by atoms with E-state index in [0.29, 0.717) is 16.4 Å². The van der Waals surface area contributed by atoms with Crippen LogP contribution in [0.1, 0.15) is 5.56 Å². The summed E-state index contributed by atoms with van der Waals surface area (Å²) >= 11 is 5.73. The van der Waals surface area contributed by atoms with E-state index in [-0.39, 0.29) is 0 Å². The van der Waals surface area contributed by atoms with Gasteiger partial charge < -0.3 is 0 Å². The number of aromatic nitrogens is 2. The molecule has 72 valence electrons. The summed E-state index contributed by atoms with van der Waals surface area (Å²) in [5.74, 6) is 0. The molecule has 0 aliphatic rings. The summed E-state index contributed by atoms with van der Waals surface area (Å²) in [6.07, 6.45) is 3.08. The molecule has 0 radical (unpaired) electrons. The summed E-state index contributed by atoms with van der Waals surface area (Å²) in [5.41, 5.74) is 2.10. The molecule has 0 unspecified atom stereocenters. The molecule has 0 bridgehead atoms. The standard InChI is InChI=1S/C11H6ClN3/c12-11-7-14-6-10(15-11)9-3-1-2-8(4-9)5-13/h1-4,6-7H. The molecular formula is C11H6ClN3. The Balaban J connectivity index is 2.50. The molecule has 0 saturated heterocycles. The van der Waals surface area contributed by atoms with Gasteiger partial charge in [0.15, 0.2) is 0 Å². The number of halogens is 1. The maximum Gasteiger partial charge on any atom is 0.148 e. The largest absolute Gasteiger partial charge is 0.259 e. The first kappa shape index (κ1) is 9.63. The fourth-order valence-corrected chi connectivity index (χ4v) is 1.38. The van der Waals surface area contributed by atoms with E-state index in [1.54, 1.807) is 24.4 Å². The minimum atomic E-state index is 0.342. The average Bonchev–Trinajstić information content (AvgIpc) is 2.29. The Hall–Kier alpha value is -1.92. The van der Waals surface area contributed by atoms with Gasteiger partial charge in [0.2, 0.25) is 0 Å². The predicted molar refractivity (Wildman–Crippen MR) is 57.2 cm³/mol. The van der Waals surface area contributed by atoms with Crippen LogP contribution in [-0.2, 0) is 0 Å². The van der Waals surface area contributed by atoms with E-state index in [9.17, 15) is 0 Å². The quantitative estimate of drug-likeness (QED) is 0.735. The van der Waals surface area contributed by atoms with Crippen LogP contribution >= 0.6 is 11.6 Å². The summed E-state index contributed by atoms with van der Waals surface area (Å²) in [7, 11) is 0. The van der Waals surface area contributed by atoms with Gasteiger partial charge in [0.25, 0.3) is 0 Å². The predicted octanol–water partition coefficient (Wildman–Crippen LogP) is 2.67. The molecule has 0 amide bonds. The van der Waals surface area contributed by atoms with Gasteiger partial charge in [-0.2, -0.15) is 5.26 Å². The van der Waals surface area contributed by atoms with Crippen molar-refractivity contribution in [2.24, 2.45) is 0 Å². The maximum atomic E-state index is 8.75. The molecule has 2 aromatic rings. The first-order chi connectivity index (χ1) is 7.29. The minimum Gasteiger partial charge on any atom is -0.259 e. The second-order valence-corrected chi connectivity index (χ2v) is 3.31. The van der Waals surface area contributed by atoms with Crippen LogP contribution in [0.25, 0.3) is 11.3 Å². The molecule has 4 heteroatoms. The summed E-state index contributed by atoms with van der Waals surface area (Å²) in [6, 6.07) is 9.22. The maximum absolute atomic E-state index is 8.75. The van der Waals surface area contributed by atoms with Crippen molar-refractivity contribution in [1.29, 1.82) is 5.26 Å². The van der Waals surface area contributed by atoms with Crippen molar-refractivity contribution in [2.75, 3.05) is 0 Å². The third kappa shape index (κ3) is 2.12. The van der Waals surface area contributed by atoms with E-state index in [0.717, 1.165) is 5.56 Å². The lowest BCUT2D eigenvalue weighted by molar-refractivity contribution is 1.20. The van der Waals surface area contributed by atoms with Crippen LogP contribution in [-0.4, -0.2) is 9.97 Å². The van der Waals surface area contributed by atoms with Crippen molar-refractivity contribution < 1.29 is 0 Å². The van der Waals surface area contributed by atoms with Crippen LogP contribution in [0.15, 0.2) is 36.7 Å². The molecule has 1 aromatic carbocycles. The third-order valence-electron chi connectivity index (χ3n) is 1.89. The summed E-state index contributed by atoms with van der Waals surface area (Å²) in [4.78, 5) is 8.05. The first-order valence-corrected chi connectivity index (χ1v) is 4.65. The van der Waals surface area contributed by atoms with Gasteiger partial charge in [-0.05, 0) is 12.1 Å². The van der Waals surface area contributed by atoms with Crippen LogP contribution in [0.4, 0.5) is 0 Å². The SMILES string of the molecule is N#Cc1cccc(-c2cncc(Cl)n2)c1. The number of benzene rings is 1. The topological polar surface area (TPSA) is 49.6 Å². The van der Waals surface area contributed by atoms with E-state index in [1.165, 1.54) is 6.20 Å². The van der Waals surface area contributed by atoms with Crippen molar-refractivity contribution >= 4 is 11.6 Å². The molecule has 1 heterocycles. The lowest BCUT2D eigenvalue weighted by Crippen LogP contribution is -1.86. The van der Waals surface area contributed by atoms with Crippen LogP contribution in [0, 0.1) is 11.3 Å². The minimum absolute atomic E-state index is 0.342. The fourth-order valence-electron chi connectivity index (χ4n) is 1.23. The highest BCUT2D eigenvalue weighted by Gasteiger charge is 2.01. The number of nitrogens with zero attached hydrogens (tertiary/aromatic N) is 3. The molecule has 0 saturated carbocycles. The van der Waals surface area contributed by atoms with Crippen molar-refractivity contribution in [3.05, 3.63) is 47.4 Å². The smallest absolute Gasteiger partial charge is 0.148 e. The Bertz CT molecular complexity index is 531. The Kier molecular flexibility index (Phi) is 2.61.